The Kier molecular flexibility index (Phi) is 7.66. The number of aromatic nitrogens is 4. The molecular formula is C29H23F4N5O4. The van der Waals surface area contributed by atoms with Crippen LogP contribution in [0, 0.1) is 11.6 Å². The van der Waals surface area contributed by atoms with E-state index in [0.717, 1.165) is 24.5 Å². The van der Waals surface area contributed by atoms with Crippen molar-refractivity contribution in [3.8, 4) is 22.9 Å². The molecule has 0 saturated carbocycles. The van der Waals surface area contributed by atoms with Crippen molar-refractivity contribution in [3.63, 3.8) is 0 Å². The molecule has 0 radical (unpaired) electrons. The van der Waals surface area contributed by atoms with E-state index in [2.05, 4.69) is 15.4 Å². The number of ether oxygens (including phenoxy) is 2. The van der Waals surface area contributed by atoms with Crippen LogP contribution >= 0.6 is 0 Å². The number of hydrogen-bond acceptors (Lipinski definition) is 7. The van der Waals surface area contributed by atoms with Crippen molar-refractivity contribution < 1.29 is 31.8 Å². The van der Waals surface area contributed by atoms with Gasteiger partial charge in [-0.2, -0.15) is 13.9 Å². The molecule has 5 aromatic rings. The summed E-state index contributed by atoms with van der Waals surface area (Å²) in [7, 11) is 2.72. The van der Waals surface area contributed by atoms with E-state index in [-0.39, 0.29) is 28.0 Å². The van der Waals surface area contributed by atoms with Crippen molar-refractivity contribution in [2.75, 3.05) is 12.4 Å². The molecule has 42 heavy (non-hydrogen) atoms. The predicted molar refractivity (Wildman–Crippen MR) is 146 cm³/mol. The normalized spacial score (nSPS) is 12.0. The molecule has 0 unspecified atom stereocenters. The van der Waals surface area contributed by atoms with Crippen molar-refractivity contribution in [2.45, 2.75) is 19.5 Å². The average molecular weight is 582 g/mol. The summed E-state index contributed by atoms with van der Waals surface area (Å²) in [5.41, 5.74) is 1.06. The molecule has 0 amide bonds. The van der Waals surface area contributed by atoms with E-state index in [9.17, 15) is 22.8 Å². The maximum atomic E-state index is 15.0. The number of pyridine rings is 2. The number of alkyl halides is 2. The number of esters is 1. The summed E-state index contributed by atoms with van der Waals surface area (Å²) in [6, 6.07) is 11.2. The highest BCUT2D eigenvalue weighted by molar-refractivity contribution is 5.96. The van der Waals surface area contributed by atoms with Gasteiger partial charge in [-0.1, -0.05) is 12.1 Å². The summed E-state index contributed by atoms with van der Waals surface area (Å²) < 4.78 is 67.0. The SMILES string of the molecule is COC(=O)c1ccccc1N[C@H](C)c1cc(F)cc2c(=O)n(C)c(-c3cnc(Oc4cnn(C(F)F)c4)c(F)c3)cc12. The Labute approximate surface area is 235 Å². The number of carbonyl (C=O) groups is 1. The van der Waals surface area contributed by atoms with E-state index in [1.807, 2.05) is 0 Å². The number of benzene rings is 2. The molecular weight excluding hydrogens is 558 g/mol. The molecule has 216 valence electrons. The molecule has 0 aliphatic rings. The fourth-order valence-corrected chi connectivity index (χ4v) is 4.58. The van der Waals surface area contributed by atoms with Gasteiger partial charge in [0.1, 0.15) is 5.82 Å². The second kappa shape index (κ2) is 11.4. The van der Waals surface area contributed by atoms with Crippen LogP contribution in [0.2, 0.25) is 0 Å². The lowest BCUT2D eigenvalue weighted by atomic mass is 9.97. The lowest BCUT2D eigenvalue weighted by Crippen LogP contribution is -2.20. The Balaban J connectivity index is 1.54. The van der Waals surface area contributed by atoms with Crippen molar-refractivity contribution in [3.05, 3.63) is 100 Å². The molecule has 3 heterocycles. The van der Waals surface area contributed by atoms with Crippen molar-refractivity contribution in [2.24, 2.45) is 7.05 Å². The van der Waals surface area contributed by atoms with Crippen LogP contribution in [0.4, 0.5) is 23.2 Å². The Hall–Kier alpha value is -5.20. The number of halogens is 4. The fourth-order valence-electron chi connectivity index (χ4n) is 4.58. The first-order valence-electron chi connectivity index (χ1n) is 12.5. The minimum atomic E-state index is -2.89. The first kappa shape index (κ1) is 28.3. The molecule has 5 rings (SSSR count). The van der Waals surface area contributed by atoms with Crippen LogP contribution < -0.4 is 15.6 Å². The van der Waals surface area contributed by atoms with Gasteiger partial charge in [0.25, 0.3) is 11.4 Å². The Bertz CT molecular complexity index is 1870. The monoisotopic (exact) mass is 581 g/mol. The second-order valence-corrected chi connectivity index (χ2v) is 9.30. The van der Waals surface area contributed by atoms with Crippen LogP contribution in [0.15, 0.2) is 71.9 Å². The second-order valence-electron chi connectivity index (χ2n) is 9.30. The quantitative estimate of drug-likeness (QED) is 0.172. The Morgan fingerprint density at radius 2 is 1.81 bits per heavy atom. The number of para-hydroxylation sites is 1. The van der Waals surface area contributed by atoms with E-state index in [4.69, 9.17) is 9.47 Å². The third-order valence-corrected chi connectivity index (χ3v) is 6.62. The van der Waals surface area contributed by atoms with E-state index in [1.54, 1.807) is 37.3 Å². The highest BCUT2D eigenvalue weighted by Gasteiger charge is 2.20. The standard InChI is InChI=1S/C29H23F4N5O4/c1-15(36-24-7-5-4-6-19(24)28(40)41-3)20-9-17(30)10-22-21(20)11-25(37(2)27(22)39)16-8-23(31)26(34-12-16)42-18-13-35-38(14-18)29(32)33/h4-15,29,36H,1-3H3/t15-/m1/s1. The van der Waals surface area contributed by atoms with Crippen LogP contribution in [0.25, 0.3) is 22.0 Å². The number of nitrogens with zero attached hydrogens (tertiary/aromatic N) is 4. The third-order valence-electron chi connectivity index (χ3n) is 6.62. The lowest BCUT2D eigenvalue weighted by Gasteiger charge is -2.21. The van der Waals surface area contributed by atoms with Gasteiger partial charge in [-0.25, -0.2) is 23.2 Å². The molecule has 0 aliphatic carbocycles. The van der Waals surface area contributed by atoms with Gasteiger partial charge in [0, 0.05) is 30.5 Å². The summed E-state index contributed by atoms with van der Waals surface area (Å²) in [6.07, 6.45) is 3.15. The van der Waals surface area contributed by atoms with Crippen LogP contribution in [0.5, 0.6) is 11.6 Å². The molecule has 3 aromatic heterocycles. The summed E-state index contributed by atoms with van der Waals surface area (Å²) in [6.45, 7) is -1.15. The van der Waals surface area contributed by atoms with Crippen LogP contribution in [0.1, 0.15) is 35.4 Å². The zero-order chi connectivity index (χ0) is 30.1. The van der Waals surface area contributed by atoms with Crippen molar-refractivity contribution in [1.82, 2.24) is 19.3 Å². The molecule has 1 N–H and O–H groups in total. The van der Waals surface area contributed by atoms with E-state index in [0.29, 0.717) is 21.3 Å². The van der Waals surface area contributed by atoms with Gasteiger partial charge in [-0.3, -0.25) is 4.79 Å². The Morgan fingerprint density at radius 1 is 1.05 bits per heavy atom. The van der Waals surface area contributed by atoms with Gasteiger partial charge >= 0.3 is 12.5 Å². The minimum absolute atomic E-state index is 0.0931. The smallest absolute Gasteiger partial charge is 0.339 e. The maximum absolute atomic E-state index is 15.0. The zero-order valence-corrected chi connectivity index (χ0v) is 22.4. The molecule has 0 spiro atoms. The van der Waals surface area contributed by atoms with Gasteiger partial charge in [-0.05, 0) is 54.3 Å². The molecule has 13 heteroatoms. The number of methoxy groups -OCH3 is 1. The number of anilines is 1. The van der Waals surface area contributed by atoms with Gasteiger partial charge in [0.15, 0.2) is 11.6 Å². The molecule has 2 aromatic carbocycles. The van der Waals surface area contributed by atoms with Crippen molar-refractivity contribution >= 4 is 22.4 Å². The predicted octanol–water partition coefficient (Wildman–Crippen LogP) is 6.22. The lowest BCUT2D eigenvalue weighted by molar-refractivity contribution is 0.0563. The first-order chi connectivity index (χ1) is 20.1. The number of nitrogens with one attached hydrogen (secondary N) is 1. The number of carbonyl (C=O) groups excluding carboxylic acids is 1. The summed E-state index contributed by atoms with van der Waals surface area (Å²) in [5.74, 6) is -2.74. The third kappa shape index (κ3) is 5.40. The molecule has 0 aliphatic heterocycles. The highest BCUT2D eigenvalue weighted by Crippen LogP contribution is 2.32. The molecule has 9 nitrogen and oxygen atoms in total. The summed E-state index contributed by atoms with van der Waals surface area (Å²) in [4.78, 5) is 29.5. The Morgan fingerprint density at radius 3 is 2.50 bits per heavy atom. The summed E-state index contributed by atoms with van der Waals surface area (Å²) in [5, 5.41) is 7.10. The minimum Gasteiger partial charge on any atom is -0.465 e. The number of hydrogen-bond donors (Lipinski definition) is 1. The van der Waals surface area contributed by atoms with Gasteiger partial charge in [0.2, 0.25) is 0 Å². The maximum Gasteiger partial charge on any atom is 0.339 e. The topological polar surface area (TPSA) is 100 Å². The van der Waals surface area contributed by atoms with Crippen LogP contribution in [0.3, 0.4) is 0 Å². The van der Waals surface area contributed by atoms with Gasteiger partial charge < -0.3 is 19.4 Å². The van der Waals surface area contributed by atoms with Crippen molar-refractivity contribution in [1.29, 1.82) is 0 Å². The zero-order valence-electron chi connectivity index (χ0n) is 22.4. The number of rotatable bonds is 8. The summed E-state index contributed by atoms with van der Waals surface area (Å²) >= 11 is 0. The van der Waals surface area contributed by atoms with Gasteiger partial charge in [-0.15, -0.1) is 0 Å². The number of fused-ring (bicyclic) bond motifs is 1. The fraction of sp³-hybridized carbons (Fsp3) is 0.172. The van der Waals surface area contributed by atoms with E-state index >= 15 is 4.39 Å². The van der Waals surface area contributed by atoms with Gasteiger partial charge in [0.05, 0.1) is 36.1 Å². The van der Waals surface area contributed by atoms with Crippen LogP contribution in [-0.2, 0) is 11.8 Å². The van der Waals surface area contributed by atoms with Crippen LogP contribution in [-0.4, -0.2) is 32.4 Å². The molecule has 0 fully saturated rings. The molecule has 1 atom stereocenters. The first-order valence-corrected chi connectivity index (χ1v) is 12.5. The van der Waals surface area contributed by atoms with E-state index < -0.39 is 41.6 Å². The molecule has 0 saturated heterocycles. The molecule has 0 bridgehead atoms. The average Bonchev–Trinajstić information content (AvgIpc) is 3.45. The largest absolute Gasteiger partial charge is 0.465 e. The van der Waals surface area contributed by atoms with E-state index in [1.165, 1.54) is 31.0 Å². The highest BCUT2D eigenvalue weighted by atomic mass is 19.3.